The van der Waals surface area contributed by atoms with E-state index in [2.05, 4.69) is 16.6 Å². The van der Waals surface area contributed by atoms with Crippen molar-refractivity contribution >= 4 is 34.3 Å². The zero-order valence-corrected chi connectivity index (χ0v) is 22.0. The Labute approximate surface area is 219 Å². The molecule has 0 atom stereocenters. The molecule has 6 nitrogen and oxygen atoms in total. The summed E-state index contributed by atoms with van der Waals surface area (Å²) in [6.07, 6.45) is 1.76. The molecule has 8 heteroatoms. The number of pyridine rings is 1. The van der Waals surface area contributed by atoms with E-state index in [4.69, 9.17) is 4.74 Å². The van der Waals surface area contributed by atoms with Crippen molar-refractivity contribution in [3.8, 4) is 22.6 Å². The lowest BCUT2D eigenvalue weighted by Crippen LogP contribution is -2.23. The first-order valence-electron chi connectivity index (χ1n) is 11.8. The summed E-state index contributed by atoms with van der Waals surface area (Å²) in [5.74, 6) is 0.544. The van der Waals surface area contributed by atoms with Gasteiger partial charge >= 0.3 is 0 Å². The van der Waals surface area contributed by atoms with E-state index >= 15 is 0 Å². The van der Waals surface area contributed by atoms with Gasteiger partial charge in [-0.15, -0.1) is 0 Å². The maximum atomic E-state index is 13.9. The van der Waals surface area contributed by atoms with Crippen molar-refractivity contribution in [2.75, 3.05) is 11.3 Å². The van der Waals surface area contributed by atoms with Crippen molar-refractivity contribution in [1.82, 2.24) is 9.88 Å². The van der Waals surface area contributed by atoms with Crippen molar-refractivity contribution in [3.63, 3.8) is 0 Å². The fourth-order valence-corrected chi connectivity index (χ4v) is 4.60. The molecule has 4 rings (SSSR count). The van der Waals surface area contributed by atoms with Crippen LogP contribution in [0.5, 0.6) is 11.5 Å². The summed E-state index contributed by atoms with van der Waals surface area (Å²) in [4.78, 5) is 25.5. The average Bonchev–Trinajstić information content (AvgIpc) is 2.87. The highest BCUT2D eigenvalue weighted by Gasteiger charge is 2.18. The van der Waals surface area contributed by atoms with Gasteiger partial charge in [-0.2, -0.15) is 0 Å². The lowest BCUT2D eigenvalue weighted by Gasteiger charge is -2.18. The van der Waals surface area contributed by atoms with Crippen molar-refractivity contribution in [2.24, 2.45) is 7.05 Å². The molecule has 1 aromatic heterocycles. The summed E-state index contributed by atoms with van der Waals surface area (Å²) in [6, 6.07) is 13.6. The third-order valence-corrected chi connectivity index (χ3v) is 6.47. The van der Waals surface area contributed by atoms with Crippen LogP contribution in [0.1, 0.15) is 28.4 Å². The first-order chi connectivity index (χ1) is 17.7. The van der Waals surface area contributed by atoms with Gasteiger partial charge in [0.25, 0.3) is 11.5 Å². The van der Waals surface area contributed by atoms with Crippen LogP contribution < -0.4 is 20.3 Å². The lowest BCUT2D eigenvalue weighted by atomic mass is 9.97. The number of halogens is 1. The number of amides is 1. The second-order valence-electron chi connectivity index (χ2n) is 8.65. The minimum Gasteiger partial charge on any atom is -0.456 e. The Morgan fingerprint density at radius 2 is 1.81 bits per heavy atom. The molecule has 4 aromatic rings. The van der Waals surface area contributed by atoms with E-state index in [1.165, 1.54) is 28.6 Å². The van der Waals surface area contributed by atoms with Crippen molar-refractivity contribution in [3.05, 3.63) is 99.6 Å². The van der Waals surface area contributed by atoms with Gasteiger partial charge in [0.2, 0.25) is 0 Å². The van der Waals surface area contributed by atoms with Gasteiger partial charge in [-0.25, -0.2) is 4.39 Å². The van der Waals surface area contributed by atoms with Crippen molar-refractivity contribution < 1.29 is 13.9 Å². The molecule has 0 bridgehead atoms. The average molecular weight is 518 g/mol. The number of fused-ring (bicyclic) bond motifs is 1. The van der Waals surface area contributed by atoms with Crippen LogP contribution in [0.15, 0.2) is 71.5 Å². The smallest absolute Gasteiger partial charge is 0.258 e. The predicted octanol–water partition coefficient (Wildman–Crippen LogP) is 6.71. The van der Waals surface area contributed by atoms with E-state index < -0.39 is 0 Å². The van der Waals surface area contributed by atoms with Crippen LogP contribution in [0.4, 0.5) is 10.1 Å². The summed E-state index contributed by atoms with van der Waals surface area (Å²) in [7, 11) is 1.68. The maximum Gasteiger partial charge on any atom is 0.258 e. The molecule has 190 valence electrons. The molecule has 37 heavy (non-hydrogen) atoms. The number of nitrogens with one attached hydrogen (secondary N) is 2. The van der Waals surface area contributed by atoms with Crippen LogP contribution in [-0.2, 0) is 7.05 Å². The second kappa shape index (κ2) is 10.9. The van der Waals surface area contributed by atoms with Gasteiger partial charge in [0.1, 0.15) is 17.3 Å². The summed E-state index contributed by atoms with van der Waals surface area (Å²) < 4.78 is 25.0. The number of hydrogen-bond donors (Lipinski definition) is 2. The monoisotopic (exact) mass is 517 g/mol. The molecule has 0 saturated carbocycles. The van der Waals surface area contributed by atoms with Crippen LogP contribution in [0.2, 0.25) is 0 Å². The lowest BCUT2D eigenvalue weighted by molar-refractivity contribution is 0.0956. The molecule has 3 aromatic carbocycles. The van der Waals surface area contributed by atoms with E-state index in [0.717, 1.165) is 16.8 Å². The molecular formula is C29H28FN3O3S. The normalized spacial score (nSPS) is 10.8. The molecule has 0 spiro atoms. The summed E-state index contributed by atoms with van der Waals surface area (Å²) >= 11 is 1.33. The van der Waals surface area contributed by atoms with Crippen LogP contribution >= 0.6 is 11.9 Å². The van der Waals surface area contributed by atoms with E-state index in [-0.39, 0.29) is 17.3 Å². The van der Waals surface area contributed by atoms with Gasteiger partial charge in [0, 0.05) is 47.6 Å². The molecular weight excluding hydrogens is 489 g/mol. The minimum absolute atomic E-state index is 0.214. The zero-order valence-electron chi connectivity index (χ0n) is 21.1. The third-order valence-electron chi connectivity index (χ3n) is 5.95. The number of benzene rings is 3. The van der Waals surface area contributed by atoms with Gasteiger partial charge in [0.15, 0.2) is 0 Å². The first-order valence-corrected chi connectivity index (χ1v) is 12.6. The molecule has 1 heterocycles. The molecule has 0 aliphatic carbocycles. The molecule has 1 amide bonds. The molecule has 0 unspecified atom stereocenters. The number of aromatic nitrogens is 1. The highest BCUT2D eigenvalue weighted by molar-refractivity contribution is 8.03. The van der Waals surface area contributed by atoms with Gasteiger partial charge in [-0.3, -0.25) is 9.59 Å². The molecule has 0 fully saturated rings. The molecule has 0 radical (unpaired) electrons. The molecule has 2 N–H and O–H groups in total. The molecule has 0 aliphatic heterocycles. The number of rotatable bonds is 8. The van der Waals surface area contributed by atoms with Gasteiger partial charge < -0.3 is 19.3 Å². The van der Waals surface area contributed by atoms with Gasteiger partial charge in [-0.05, 0) is 97.1 Å². The van der Waals surface area contributed by atoms with E-state index in [9.17, 15) is 14.0 Å². The Balaban J connectivity index is 1.95. The highest BCUT2D eigenvalue weighted by atomic mass is 32.2. The Bertz CT molecular complexity index is 1560. The van der Waals surface area contributed by atoms with Crippen LogP contribution in [-0.4, -0.2) is 17.0 Å². The van der Waals surface area contributed by atoms with E-state index in [1.54, 1.807) is 50.7 Å². The van der Waals surface area contributed by atoms with E-state index in [1.807, 2.05) is 25.1 Å². The number of carbonyl (C=O) groups is 1. The number of aryl methyl sites for hydroxylation is 3. The summed E-state index contributed by atoms with van der Waals surface area (Å²) in [5, 5.41) is 5.55. The number of nitrogens with zero attached hydrogens (tertiary/aromatic N) is 1. The standard InChI is InChI=1S/C29H28FN3O3S/c1-6-31-28(34)19-8-10-22-24(14-19)29(35)33(5)16-25(22)23-15-21(32-37-7-2)9-11-26(23)36-27-17(3)12-20(30)13-18(27)4/h7-16,32H,2,6H2,1,3-5H3,(H,31,34). The maximum absolute atomic E-state index is 13.9. The third kappa shape index (κ3) is 5.39. The fourth-order valence-electron chi connectivity index (χ4n) is 4.26. The first kappa shape index (κ1) is 26.0. The topological polar surface area (TPSA) is 72.4 Å². The summed E-state index contributed by atoms with van der Waals surface area (Å²) in [5.41, 5.74) is 3.82. The number of carbonyl (C=O) groups excluding carboxylic acids is 1. The zero-order chi connectivity index (χ0) is 26.7. The largest absolute Gasteiger partial charge is 0.456 e. The Kier molecular flexibility index (Phi) is 7.69. The Morgan fingerprint density at radius 3 is 2.49 bits per heavy atom. The van der Waals surface area contributed by atoms with Crippen LogP contribution in [0.3, 0.4) is 0 Å². The SMILES string of the molecule is C=CSNc1ccc(Oc2c(C)cc(F)cc2C)c(-c2cn(C)c(=O)c3cc(C(=O)NCC)ccc23)c1. The van der Waals surface area contributed by atoms with E-state index in [0.29, 0.717) is 45.5 Å². The highest BCUT2D eigenvalue weighted by Crippen LogP contribution is 2.40. The van der Waals surface area contributed by atoms with Crippen molar-refractivity contribution in [1.29, 1.82) is 0 Å². The number of hydrogen-bond acceptors (Lipinski definition) is 5. The molecule has 0 aliphatic rings. The van der Waals surface area contributed by atoms with Crippen LogP contribution in [0, 0.1) is 19.7 Å². The van der Waals surface area contributed by atoms with Crippen molar-refractivity contribution in [2.45, 2.75) is 20.8 Å². The van der Waals surface area contributed by atoms with Gasteiger partial charge in [-0.1, -0.05) is 12.6 Å². The number of ether oxygens (including phenoxy) is 1. The summed E-state index contributed by atoms with van der Waals surface area (Å²) in [6.45, 7) is 9.65. The van der Waals surface area contributed by atoms with Crippen LogP contribution in [0.25, 0.3) is 21.9 Å². The Morgan fingerprint density at radius 1 is 1.08 bits per heavy atom. The fraction of sp³-hybridized carbons (Fsp3) is 0.172. The molecule has 0 saturated heterocycles. The predicted molar refractivity (Wildman–Crippen MR) is 150 cm³/mol. The van der Waals surface area contributed by atoms with Gasteiger partial charge in [0.05, 0.1) is 0 Å². The minimum atomic E-state index is -0.324. The Hall–Kier alpha value is -4.04. The quantitative estimate of drug-likeness (QED) is 0.254. The number of anilines is 1. The second-order valence-corrected chi connectivity index (χ2v) is 9.42.